The van der Waals surface area contributed by atoms with Crippen LogP contribution in [0.25, 0.3) is 0 Å². The van der Waals surface area contributed by atoms with Crippen LogP contribution in [0.4, 0.5) is 0 Å². The van der Waals surface area contributed by atoms with Crippen molar-refractivity contribution in [2.45, 2.75) is 52.1 Å². The third-order valence-electron chi connectivity index (χ3n) is 5.38. The normalized spacial score (nSPS) is 26.5. The predicted octanol–water partition coefficient (Wildman–Crippen LogP) is 2.88. The molecule has 1 aliphatic rings. The van der Waals surface area contributed by atoms with E-state index in [0.29, 0.717) is 31.1 Å². The highest BCUT2D eigenvalue weighted by Crippen LogP contribution is 2.41. The van der Waals surface area contributed by atoms with E-state index in [4.69, 9.17) is 4.74 Å². The van der Waals surface area contributed by atoms with Crippen LogP contribution in [0.2, 0.25) is 0 Å². The zero-order chi connectivity index (χ0) is 18.6. The fourth-order valence-corrected chi connectivity index (χ4v) is 3.98. The standard InChI is InChI=1S/C20H31NO4/c1-13(2)16-7-5-14(3)12-20(16,24)19(23)21-10-9-15-6-8-17(22)18(11-15)25-4/h6,8,11,13-14,16,22,24H,5,7,9-10,12H2,1-4H3,(H,21,23)/t14?,16?,20-/m1/s1. The summed E-state index contributed by atoms with van der Waals surface area (Å²) >= 11 is 0. The summed E-state index contributed by atoms with van der Waals surface area (Å²) in [6.07, 6.45) is 3.08. The summed E-state index contributed by atoms with van der Waals surface area (Å²) in [5.74, 6) is 0.877. The number of aliphatic hydroxyl groups is 1. The van der Waals surface area contributed by atoms with Gasteiger partial charge in [0, 0.05) is 6.54 Å². The lowest BCUT2D eigenvalue weighted by molar-refractivity contribution is -0.155. The van der Waals surface area contributed by atoms with Gasteiger partial charge in [-0.3, -0.25) is 4.79 Å². The van der Waals surface area contributed by atoms with E-state index in [1.165, 1.54) is 7.11 Å². The first-order valence-corrected chi connectivity index (χ1v) is 9.14. The Morgan fingerprint density at radius 3 is 2.76 bits per heavy atom. The molecule has 1 saturated carbocycles. The molecule has 1 aromatic rings. The third kappa shape index (κ3) is 4.46. The first kappa shape index (κ1) is 19.6. The van der Waals surface area contributed by atoms with Crippen LogP contribution in [0.3, 0.4) is 0 Å². The summed E-state index contributed by atoms with van der Waals surface area (Å²) in [4.78, 5) is 12.7. The van der Waals surface area contributed by atoms with Gasteiger partial charge in [0.1, 0.15) is 5.60 Å². The zero-order valence-electron chi connectivity index (χ0n) is 15.7. The number of ether oxygens (including phenoxy) is 1. The molecule has 1 fully saturated rings. The molecule has 0 bridgehead atoms. The molecule has 25 heavy (non-hydrogen) atoms. The number of rotatable bonds is 6. The minimum absolute atomic E-state index is 0.00235. The van der Waals surface area contributed by atoms with Gasteiger partial charge < -0.3 is 20.3 Å². The Morgan fingerprint density at radius 1 is 1.40 bits per heavy atom. The summed E-state index contributed by atoms with van der Waals surface area (Å²) in [6, 6.07) is 5.15. The smallest absolute Gasteiger partial charge is 0.252 e. The monoisotopic (exact) mass is 349 g/mol. The number of aromatic hydroxyl groups is 1. The number of methoxy groups -OCH3 is 1. The average Bonchev–Trinajstić information content (AvgIpc) is 2.55. The lowest BCUT2D eigenvalue weighted by atomic mass is 9.66. The Morgan fingerprint density at radius 2 is 2.12 bits per heavy atom. The van der Waals surface area contributed by atoms with Gasteiger partial charge in [-0.05, 0) is 54.7 Å². The molecule has 5 heteroatoms. The molecule has 2 unspecified atom stereocenters. The summed E-state index contributed by atoms with van der Waals surface area (Å²) in [7, 11) is 1.51. The van der Waals surface area contributed by atoms with Crippen LogP contribution in [0.1, 0.15) is 45.6 Å². The number of hydrogen-bond donors (Lipinski definition) is 3. The Kier molecular flexibility index (Phi) is 6.33. The number of carbonyl (C=O) groups excluding carboxylic acids is 1. The maximum atomic E-state index is 12.7. The van der Waals surface area contributed by atoms with Crippen molar-refractivity contribution in [3.05, 3.63) is 23.8 Å². The van der Waals surface area contributed by atoms with Crippen molar-refractivity contribution >= 4 is 5.91 Å². The van der Waals surface area contributed by atoms with E-state index in [2.05, 4.69) is 26.1 Å². The molecule has 0 spiro atoms. The van der Waals surface area contributed by atoms with Gasteiger partial charge in [0.15, 0.2) is 11.5 Å². The van der Waals surface area contributed by atoms with Crippen molar-refractivity contribution in [2.75, 3.05) is 13.7 Å². The number of amides is 1. The highest BCUT2D eigenvalue weighted by Gasteiger charge is 2.48. The lowest BCUT2D eigenvalue weighted by Gasteiger charge is -2.43. The number of phenolic OH excluding ortho intramolecular Hbond substituents is 1. The summed E-state index contributed by atoms with van der Waals surface area (Å²) in [6.45, 7) is 6.68. The molecule has 5 nitrogen and oxygen atoms in total. The quantitative estimate of drug-likeness (QED) is 0.738. The maximum absolute atomic E-state index is 12.7. The Balaban J connectivity index is 1.98. The Bertz CT molecular complexity index is 601. The number of carbonyl (C=O) groups is 1. The van der Waals surface area contributed by atoms with Gasteiger partial charge in [0.25, 0.3) is 5.91 Å². The van der Waals surface area contributed by atoms with E-state index < -0.39 is 5.60 Å². The molecule has 140 valence electrons. The highest BCUT2D eigenvalue weighted by atomic mass is 16.5. The first-order chi connectivity index (χ1) is 11.8. The SMILES string of the molecule is COc1cc(CCNC(=O)[C@@]2(O)CC(C)CCC2C(C)C)ccc1O. The van der Waals surface area contributed by atoms with Gasteiger partial charge >= 0.3 is 0 Å². The molecule has 0 saturated heterocycles. The maximum Gasteiger partial charge on any atom is 0.252 e. The van der Waals surface area contributed by atoms with Crippen LogP contribution in [0.15, 0.2) is 18.2 Å². The second-order valence-electron chi connectivity index (χ2n) is 7.67. The summed E-state index contributed by atoms with van der Waals surface area (Å²) in [5, 5.41) is 23.6. The van der Waals surface area contributed by atoms with Gasteiger partial charge in [-0.1, -0.05) is 33.3 Å². The number of hydrogen-bond acceptors (Lipinski definition) is 4. The minimum atomic E-state index is -1.28. The fraction of sp³-hybridized carbons (Fsp3) is 0.650. The number of phenols is 1. The van der Waals surface area contributed by atoms with Gasteiger partial charge in [0.2, 0.25) is 0 Å². The second kappa shape index (κ2) is 8.09. The third-order valence-corrected chi connectivity index (χ3v) is 5.38. The fourth-order valence-electron chi connectivity index (χ4n) is 3.98. The van der Waals surface area contributed by atoms with Crippen LogP contribution in [-0.2, 0) is 11.2 Å². The highest BCUT2D eigenvalue weighted by molar-refractivity contribution is 5.85. The topological polar surface area (TPSA) is 78.8 Å². The van der Waals surface area contributed by atoms with Crippen LogP contribution in [-0.4, -0.2) is 35.4 Å². The van der Waals surface area contributed by atoms with Gasteiger partial charge in [0.05, 0.1) is 7.11 Å². The molecule has 0 aromatic heterocycles. The van der Waals surface area contributed by atoms with Crippen molar-refractivity contribution in [1.29, 1.82) is 0 Å². The average molecular weight is 349 g/mol. The first-order valence-electron chi connectivity index (χ1n) is 9.14. The summed E-state index contributed by atoms with van der Waals surface area (Å²) in [5.41, 5.74) is -0.322. The van der Waals surface area contributed by atoms with E-state index in [9.17, 15) is 15.0 Å². The minimum Gasteiger partial charge on any atom is -0.504 e. The molecule has 0 radical (unpaired) electrons. The van der Waals surface area contributed by atoms with Crippen molar-refractivity contribution in [3.8, 4) is 11.5 Å². The van der Waals surface area contributed by atoms with Crippen molar-refractivity contribution < 1.29 is 19.7 Å². The molecule has 1 aromatic carbocycles. The van der Waals surface area contributed by atoms with Gasteiger partial charge in [-0.25, -0.2) is 0 Å². The summed E-state index contributed by atoms with van der Waals surface area (Å²) < 4.78 is 5.10. The van der Waals surface area contributed by atoms with Gasteiger partial charge in [-0.15, -0.1) is 0 Å². The Hall–Kier alpha value is -1.75. The largest absolute Gasteiger partial charge is 0.504 e. The molecule has 1 amide bonds. The molecular weight excluding hydrogens is 318 g/mol. The van der Waals surface area contributed by atoms with E-state index >= 15 is 0 Å². The van der Waals surface area contributed by atoms with E-state index in [1.54, 1.807) is 18.2 Å². The molecular formula is C20H31NO4. The van der Waals surface area contributed by atoms with E-state index in [1.807, 2.05) is 0 Å². The van der Waals surface area contributed by atoms with Crippen LogP contribution in [0, 0.1) is 17.8 Å². The molecule has 0 aliphatic heterocycles. The van der Waals surface area contributed by atoms with E-state index in [-0.39, 0.29) is 23.5 Å². The lowest BCUT2D eigenvalue weighted by Crippen LogP contribution is -2.56. The molecule has 3 N–H and O–H groups in total. The predicted molar refractivity (Wildman–Crippen MR) is 97.7 cm³/mol. The number of benzene rings is 1. The molecule has 0 heterocycles. The van der Waals surface area contributed by atoms with Crippen LogP contribution < -0.4 is 10.1 Å². The molecule has 1 aliphatic carbocycles. The second-order valence-corrected chi connectivity index (χ2v) is 7.67. The van der Waals surface area contributed by atoms with Crippen LogP contribution in [0.5, 0.6) is 11.5 Å². The molecule has 3 atom stereocenters. The zero-order valence-corrected chi connectivity index (χ0v) is 15.7. The van der Waals surface area contributed by atoms with Crippen LogP contribution >= 0.6 is 0 Å². The van der Waals surface area contributed by atoms with Crippen molar-refractivity contribution in [2.24, 2.45) is 17.8 Å². The van der Waals surface area contributed by atoms with Crippen molar-refractivity contribution in [3.63, 3.8) is 0 Å². The molecule has 2 rings (SSSR count). The number of nitrogens with one attached hydrogen (secondary N) is 1. The van der Waals surface area contributed by atoms with Crippen molar-refractivity contribution in [1.82, 2.24) is 5.32 Å². The van der Waals surface area contributed by atoms with Gasteiger partial charge in [-0.2, -0.15) is 0 Å². The Labute approximate surface area is 150 Å². The van der Waals surface area contributed by atoms with E-state index in [0.717, 1.165) is 18.4 Å².